The minimum absolute atomic E-state index is 0.0289. The monoisotopic (exact) mass is 281 g/mol. The van der Waals surface area contributed by atoms with Crippen molar-refractivity contribution in [1.29, 1.82) is 0 Å². The van der Waals surface area contributed by atoms with E-state index in [1.807, 2.05) is 0 Å². The summed E-state index contributed by atoms with van der Waals surface area (Å²) in [5.41, 5.74) is -1.86. The molecule has 0 unspecified atom stereocenters. The predicted molar refractivity (Wildman–Crippen MR) is 68.6 cm³/mol. The quantitative estimate of drug-likeness (QED) is 0.741. The number of ketones is 1. The molecule has 18 heavy (non-hydrogen) atoms. The molecule has 0 spiro atoms. The third kappa shape index (κ3) is 1.92. The zero-order valence-corrected chi connectivity index (χ0v) is 11.3. The van der Waals surface area contributed by atoms with Crippen LogP contribution in [0.3, 0.4) is 0 Å². The average Bonchev–Trinajstić information content (AvgIpc) is 2.68. The van der Waals surface area contributed by atoms with Gasteiger partial charge in [0.05, 0.1) is 18.6 Å². The zero-order chi connectivity index (χ0) is 19.7. The Morgan fingerprint density at radius 2 is 2.22 bits per heavy atom. The summed E-state index contributed by atoms with van der Waals surface area (Å²) in [5.74, 6) is -1.02. The molecule has 0 amide bonds. The van der Waals surface area contributed by atoms with Crippen LogP contribution in [0.1, 0.15) is 56.4 Å². The van der Waals surface area contributed by atoms with E-state index in [4.69, 9.17) is 9.60 Å². The molecule has 0 saturated heterocycles. The highest BCUT2D eigenvalue weighted by molar-refractivity contribution is 7.86. The van der Waals surface area contributed by atoms with Crippen molar-refractivity contribution in [2.45, 2.75) is 52.9 Å². The summed E-state index contributed by atoms with van der Waals surface area (Å²) in [6.45, 7) is -3.47. The lowest BCUT2D eigenvalue weighted by atomic mass is 9.70. The molecule has 2 aliphatic rings. The molecule has 2 saturated carbocycles. The first kappa shape index (κ1) is 7.39. The van der Waals surface area contributed by atoms with Crippen molar-refractivity contribution < 1.29 is 27.0 Å². The van der Waals surface area contributed by atoms with Crippen LogP contribution in [0.5, 0.6) is 0 Å². The summed E-state index contributed by atoms with van der Waals surface area (Å²) in [7, 11) is -4.77. The maximum Gasteiger partial charge on any atom is 0.268 e. The number of carbonyl (C=O) groups excluding carboxylic acids is 1. The number of carbonyl (C=O) groups is 1. The van der Waals surface area contributed by atoms with Gasteiger partial charge >= 0.3 is 0 Å². The molecule has 2 aliphatic carbocycles. The highest BCUT2D eigenvalue weighted by atomic mass is 32.2. The van der Waals surface area contributed by atoms with Crippen molar-refractivity contribution in [3.05, 3.63) is 0 Å². The van der Waals surface area contributed by atoms with Crippen molar-refractivity contribution in [3.63, 3.8) is 0 Å². The van der Waals surface area contributed by atoms with Crippen LogP contribution >= 0.6 is 0 Å². The van der Waals surface area contributed by atoms with Gasteiger partial charge in [0.25, 0.3) is 10.1 Å². The van der Waals surface area contributed by atoms with E-state index >= 15 is 0 Å². The molecule has 0 aliphatic heterocycles. The van der Waals surface area contributed by atoms with Crippen LogP contribution in [-0.4, -0.2) is 26.0 Å². The second-order valence-electron chi connectivity index (χ2n) is 5.78. The van der Waals surface area contributed by atoms with E-state index in [1.54, 1.807) is 13.8 Å². The van der Waals surface area contributed by atoms with Crippen LogP contribution < -0.4 is 0 Å². The van der Waals surface area contributed by atoms with E-state index < -0.39 is 46.5 Å². The molecular formula is C13H22O4S. The normalized spacial score (nSPS) is 42.2. The SMILES string of the molecule is [2H]C([2H])([2H])C([2H])(OS(=O)(=O)C[C@@]12CC[C@@H](CC1=O)C2(C)C)C([2H])([2H])[2H]. The zero-order valence-electron chi connectivity index (χ0n) is 17.4. The molecule has 5 heteroatoms. The summed E-state index contributed by atoms with van der Waals surface area (Å²) < 4.78 is 80.7. The van der Waals surface area contributed by atoms with Crippen molar-refractivity contribution >= 4 is 15.9 Å². The van der Waals surface area contributed by atoms with Gasteiger partial charge in [0.2, 0.25) is 0 Å². The molecule has 2 rings (SSSR count). The third-order valence-electron chi connectivity index (χ3n) is 4.77. The Morgan fingerprint density at radius 3 is 2.67 bits per heavy atom. The minimum Gasteiger partial charge on any atom is -0.299 e. The van der Waals surface area contributed by atoms with E-state index in [0.717, 1.165) is 0 Å². The summed E-state index contributed by atoms with van der Waals surface area (Å²) in [6.07, 6.45) is -2.40. The topological polar surface area (TPSA) is 60.4 Å². The molecule has 0 radical (unpaired) electrons. The highest BCUT2D eigenvalue weighted by Crippen LogP contribution is 2.64. The number of hydrogen-bond donors (Lipinski definition) is 0. The van der Waals surface area contributed by atoms with Crippen LogP contribution in [0.25, 0.3) is 0 Å². The molecule has 0 aromatic carbocycles. The summed E-state index contributed by atoms with van der Waals surface area (Å²) >= 11 is 0. The summed E-state index contributed by atoms with van der Waals surface area (Å²) in [4.78, 5) is 12.4. The molecule has 2 bridgehead atoms. The molecular weight excluding hydrogens is 252 g/mol. The van der Waals surface area contributed by atoms with Crippen LogP contribution in [0.2, 0.25) is 0 Å². The van der Waals surface area contributed by atoms with E-state index in [0.29, 0.717) is 12.8 Å². The van der Waals surface area contributed by atoms with Gasteiger partial charge in [-0.1, -0.05) is 13.8 Å². The fraction of sp³-hybridized carbons (Fsp3) is 0.923. The lowest BCUT2D eigenvalue weighted by molar-refractivity contribution is -0.128. The van der Waals surface area contributed by atoms with E-state index in [9.17, 15) is 13.2 Å². The summed E-state index contributed by atoms with van der Waals surface area (Å²) in [5, 5.41) is 0. The Labute approximate surface area is 119 Å². The van der Waals surface area contributed by atoms with Gasteiger partial charge in [0.1, 0.15) is 5.78 Å². The fourth-order valence-corrected chi connectivity index (χ4v) is 5.16. The largest absolute Gasteiger partial charge is 0.299 e. The van der Waals surface area contributed by atoms with E-state index in [2.05, 4.69) is 4.18 Å². The highest BCUT2D eigenvalue weighted by Gasteiger charge is 2.65. The van der Waals surface area contributed by atoms with Gasteiger partial charge in [-0.3, -0.25) is 8.98 Å². The van der Waals surface area contributed by atoms with Gasteiger partial charge in [-0.2, -0.15) is 8.42 Å². The lowest BCUT2D eigenvalue weighted by Gasteiger charge is -2.35. The first-order chi connectivity index (χ1) is 10.9. The molecule has 0 heterocycles. The molecule has 0 N–H and O–H groups in total. The molecule has 0 aromatic rings. The van der Waals surface area contributed by atoms with Gasteiger partial charge in [0.15, 0.2) is 0 Å². The lowest BCUT2D eigenvalue weighted by Crippen LogP contribution is -2.42. The molecule has 2 atom stereocenters. The average molecular weight is 281 g/mol. The van der Waals surface area contributed by atoms with Crippen molar-refractivity contribution in [3.8, 4) is 0 Å². The Morgan fingerprint density at radius 1 is 1.56 bits per heavy atom. The van der Waals surface area contributed by atoms with Crippen molar-refractivity contribution in [1.82, 2.24) is 0 Å². The number of Topliss-reactive ketones (excluding diaryl/α,β-unsaturated/α-hetero) is 1. The fourth-order valence-electron chi connectivity index (χ4n) is 3.57. The second kappa shape index (κ2) is 4.04. The van der Waals surface area contributed by atoms with Gasteiger partial charge in [0, 0.05) is 14.6 Å². The summed E-state index contributed by atoms with van der Waals surface area (Å²) in [6, 6.07) is 0. The molecule has 104 valence electrons. The first-order valence-electron chi connectivity index (χ1n) is 9.36. The van der Waals surface area contributed by atoms with Crippen LogP contribution in [0.4, 0.5) is 0 Å². The van der Waals surface area contributed by atoms with Crippen LogP contribution in [0, 0.1) is 16.7 Å². The molecule has 2 fully saturated rings. The number of hydrogen-bond acceptors (Lipinski definition) is 4. The standard InChI is InChI=1S/C13H22O4S/c1-9(2)17-18(15,16)8-13-6-5-10(7-11(13)14)12(13,3)4/h9-10H,5-8H2,1-4H3/t10-,13-/m0/s1/i1D3,2D3,9D. The molecule has 4 nitrogen and oxygen atoms in total. The maximum atomic E-state index is 12.5. The number of rotatable bonds is 4. The first-order valence-corrected chi connectivity index (χ1v) is 7.44. The Bertz CT molecular complexity index is 665. The smallest absolute Gasteiger partial charge is 0.268 e. The van der Waals surface area contributed by atoms with E-state index in [1.165, 1.54) is 0 Å². The predicted octanol–water partition coefficient (Wildman–Crippen LogP) is 2.14. The van der Waals surface area contributed by atoms with Crippen LogP contribution in [0.15, 0.2) is 0 Å². The van der Waals surface area contributed by atoms with Crippen molar-refractivity contribution in [2.24, 2.45) is 16.7 Å². The minimum atomic E-state index is -4.77. The third-order valence-corrected chi connectivity index (χ3v) is 6.04. The van der Waals surface area contributed by atoms with Crippen molar-refractivity contribution in [2.75, 3.05) is 5.75 Å². The van der Waals surface area contributed by atoms with Gasteiger partial charge in [-0.15, -0.1) is 0 Å². The Kier molecular flexibility index (Phi) is 1.66. The van der Waals surface area contributed by atoms with Crippen LogP contribution in [-0.2, 0) is 19.1 Å². The maximum absolute atomic E-state index is 12.5. The van der Waals surface area contributed by atoms with Gasteiger partial charge < -0.3 is 0 Å². The second-order valence-corrected chi connectivity index (χ2v) is 7.35. The van der Waals surface area contributed by atoms with Gasteiger partial charge in [-0.25, -0.2) is 0 Å². The Balaban J connectivity index is 2.39. The van der Waals surface area contributed by atoms with E-state index in [-0.39, 0.29) is 18.1 Å². The Hall–Kier alpha value is -0.420. The van der Waals surface area contributed by atoms with Gasteiger partial charge in [-0.05, 0) is 37.9 Å². The number of fused-ring (bicyclic) bond motifs is 2. The molecule has 0 aromatic heterocycles.